The molecule has 1 unspecified atom stereocenters. The lowest BCUT2D eigenvalue weighted by Crippen LogP contribution is -2.34. The van der Waals surface area contributed by atoms with Crippen LogP contribution in [0.2, 0.25) is 0 Å². The summed E-state index contributed by atoms with van der Waals surface area (Å²) in [5.41, 5.74) is 0.903. The maximum atomic E-state index is 13.6. The summed E-state index contributed by atoms with van der Waals surface area (Å²) < 4.78 is 24.1. The highest BCUT2D eigenvalue weighted by molar-refractivity contribution is 5.31. The summed E-state index contributed by atoms with van der Waals surface area (Å²) in [7, 11) is 0. The number of rotatable bonds is 3. The average Bonchev–Trinajstić information content (AvgIpc) is 2.33. The Morgan fingerprint density at radius 3 is 3.06 bits per heavy atom. The highest BCUT2D eigenvalue weighted by Crippen LogP contribution is 2.23. The second-order valence-electron chi connectivity index (χ2n) is 3.70. The van der Waals surface area contributed by atoms with Crippen LogP contribution in [0.3, 0.4) is 0 Å². The molecule has 1 aromatic carbocycles. The van der Waals surface area contributed by atoms with Crippen molar-refractivity contribution < 1.29 is 13.9 Å². The fraction of sp³-hybridized carbons (Fsp3) is 0.500. The third-order valence-electron chi connectivity index (χ3n) is 2.58. The van der Waals surface area contributed by atoms with Gasteiger partial charge in [0.1, 0.15) is 0 Å². The maximum absolute atomic E-state index is 13.6. The summed E-state index contributed by atoms with van der Waals surface area (Å²) in [6, 6.07) is 5.14. The Hall–Kier alpha value is -1.13. The smallest absolute Gasteiger partial charge is 0.165 e. The summed E-state index contributed by atoms with van der Waals surface area (Å²) >= 11 is 0. The van der Waals surface area contributed by atoms with Gasteiger partial charge in [0.05, 0.1) is 25.9 Å². The first kappa shape index (κ1) is 11.4. The number of morpholine rings is 1. The Morgan fingerprint density at radius 2 is 2.44 bits per heavy atom. The van der Waals surface area contributed by atoms with Gasteiger partial charge in [-0.25, -0.2) is 4.39 Å². The van der Waals surface area contributed by atoms with Crippen LogP contribution < -0.4 is 10.1 Å². The zero-order chi connectivity index (χ0) is 11.4. The quantitative estimate of drug-likeness (QED) is 0.852. The number of hydrogen-bond donors (Lipinski definition) is 1. The van der Waals surface area contributed by atoms with E-state index in [-0.39, 0.29) is 11.9 Å². The zero-order valence-electron chi connectivity index (χ0n) is 9.33. The predicted molar refractivity (Wildman–Crippen MR) is 59.1 cm³/mol. The molecule has 0 bridgehead atoms. The van der Waals surface area contributed by atoms with Crippen molar-refractivity contribution in [3.63, 3.8) is 0 Å². The van der Waals surface area contributed by atoms with Crippen LogP contribution in [-0.4, -0.2) is 26.4 Å². The first-order valence-electron chi connectivity index (χ1n) is 5.54. The molecule has 16 heavy (non-hydrogen) atoms. The van der Waals surface area contributed by atoms with Gasteiger partial charge in [-0.2, -0.15) is 0 Å². The van der Waals surface area contributed by atoms with Crippen LogP contribution in [0.1, 0.15) is 18.5 Å². The normalized spacial score (nSPS) is 20.8. The van der Waals surface area contributed by atoms with Gasteiger partial charge in [-0.15, -0.1) is 0 Å². The Morgan fingerprint density at radius 1 is 1.56 bits per heavy atom. The molecule has 1 aromatic rings. The molecule has 1 heterocycles. The van der Waals surface area contributed by atoms with Crippen LogP contribution in [-0.2, 0) is 4.74 Å². The third-order valence-corrected chi connectivity index (χ3v) is 2.58. The van der Waals surface area contributed by atoms with E-state index in [0.29, 0.717) is 19.0 Å². The van der Waals surface area contributed by atoms with Crippen molar-refractivity contribution in [1.82, 2.24) is 5.32 Å². The van der Waals surface area contributed by atoms with Gasteiger partial charge in [-0.1, -0.05) is 6.07 Å². The Kier molecular flexibility index (Phi) is 3.74. The van der Waals surface area contributed by atoms with Crippen molar-refractivity contribution in [3.05, 3.63) is 29.6 Å². The molecule has 0 radical (unpaired) electrons. The van der Waals surface area contributed by atoms with E-state index < -0.39 is 0 Å². The SMILES string of the molecule is CCOc1ccc(C2COCCN2)cc1F. The van der Waals surface area contributed by atoms with E-state index in [9.17, 15) is 4.39 Å². The predicted octanol–water partition coefficient (Wildman–Crippen LogP) is 1.89. The first-order chi connectivity index (χ1) is 7.81. The van der Waals surface area contributed by atoms with E-state index in [2.05, 4.69) is 5.32 Å². The van der Waals surface area contributed by atoms with Gasteiger partial charge in [0.2, 0.25) is 0 Å². The zero-order valence-corrected chi connectivity index (χ0v) is 9.33. The molecule has 1 fully saturated rings. The van der Waals surface area contributed by atoms with Crippen molar-refractivity contribution in [2.45, 2.75) is 13.0 Å². The van der Waals surface area contributed by atoms with Crippen LogP contribution in [0, 0.1) is 5.82 Å². The lowest BCUT2D eigenvalue weighted by atomic mass is 10.1. The van der Waals surface area contributed by atoms with E-state index in [1.165, 1.54) is 6.07 Å². The standard InChI is InChI=1S/C12H16FNO2/c1-2-16-12-4-3-9(7-10(12)13)11-8-15-6-5-14-11/h3-4,7,11,14H,2,5-6,8H2,1H3. The Bertz CT molecular complexity index is 351. The molecule has 1 atom stereocenters. The molecule has 88 valence electrons. The molecule has 3 nitrogen and oxygen atoms in total. The summed E-state index contributed by atoms with van der Waals surface area (Å²) in [4.78, 5) is 0. The average molecular weight is 225 g/mol. The number of benzene rings is 1. The van der Waals surface area contributed by atoms with Crippen molar-refractivity contribution in [2.24, 2.45) is 0 Å². The van der Waals surface area contributed by atoms with Gasteiger partial charge >= 0.3 is 0 Å². The summed E-state index contributed by atoms with van der Waals surface area (Å²) in [5.74, 6) is -0.00491. The Labute approximate surface area is 94.6 Å². The second-order valence-corrected chi connectivity index (χ2v) is 3.70. The minimum atomic E-state index is -0.313. The second kappa shape index (κ2) is 5.27. The number of ether oxygens (including phenoxy) is 2. The van der Waals surface area contributed by atoms with Gasteiger partial charge < -0.3 is 14.8 Å². The molecule has 0 saturated carbocycles. The van der Waals surface area contributed by atoms with Gasteiger partial charge in [0.25, 0.3) is 0 Å². The summed E-state index contributed by atoms with van der Waals surface area (Å²) in [6.07, 6.45) is 0. The van der Waals surface area contributed by atoms with Gasteiger partial charge in [-0.3, -0.25) is 0 Å². The molecule has 2 rings (SSSR count). The molecule has 1 saturated heterocycles. The van der Waals surface area contributed by atoms with Crippen LogP contribution >= 0.6 is 0 Å². The van der Waals surface area contributed by atoms with E-state index in [1.54, 1.807) is 6.07 Å². The van der Waals surface area contributed by atoms with Gasteiger partial charge in [0, 0.05) is 6.54 Å². The van der Waals surface area contributed by atoms with E-state index in [1.807, 2.05) is 13.0 Å². The molecule has 0 spiro atoms. The summed E-state index contributed by atoms with van der Waals surface area (Å²) in [6.45, 7) is 4.42. The fourth-order valence-corrected chi connectivity index (χ4v) is 1.79. The monoisotopic (exact) mass is 225 g/mol. The van der Waals surface area contributed by atoms with Crippen molar-refractivity contribution >= 4 is 0 Å². The Balaban J connectivity index is 2.13. The largest absolute Gasteiger partial charge is 0.491 e. The molecule has 1 aliphatic heterocycles. The molecule has 0 amide bonds. The fourth-order valence-electron chi connectivity index (χ4n) is 1.79. The lowest BCUT2D eigenvalue weighted by Gasteiger charge is -2.24. The van der Waals surface area contributed by atoms with Crippen LogP contribution in [0.4, 0.5) is 4.39 Å². The molecule has 0 aromatic heterocycles. The van der Waals surface area contributed by atoms with Gasteiger partial charge in [-0.05, 0) is 24.6 Å². The number of hydrogen-bond acceptors (Lipinski definition) is 3. The van der Waals surface area contributed by atoms with Crippen LogP contribution in [0.15, 0.2) is 18.2 Å². The maximum Gasteiger partial charge on any atom is 0.165 e. The topological polar surface area (TPSA) is 30.5 Å². The van der Waals surface area contributed by atoms with Crippen molar-refractivity contribution in [1.29, 1.82) is 0 Å². The van der Waals surface area contributed by atoms with Crippen molar-refractivity contribution in [3.8, 4) is 5.75 Å². The van der Waals surface area contributed by atoms with Crippen molar-refractivity contribution in [2.75, 3.05) is 26.4 Å². The first-order valence-corrected chi connectivity index (χ1v) is 5.54. The van der Waals surface area contributed by atoms with E-state index in [4.69, 9.17) is 9.47 Å². The number of halogens is 1. The minimum absolute atomic E-state index is 0.0823. The minimum Gasteiger partial charge on any atom is -0.491 e. The van der Waals surface area contributed by atoms with Crippen LogP contribution in [0.5, 0.6) is 5.75 Å². The molecule has 1 N–H and O–H groups in total. The highest BCUT2D eigenvalue weighted by atomic mass is 19.1. The molecular formula is C12H16FNO2. The molecule has 1 aliphatic rings. The van der Waals surface area contributed by atoms with E-state index >= 15 is 0 Å². The van der Waals surface area contributed by atoms with E-state index in [0.717, 1.165) is 18.7 Å². The molecular weight excluding hydrogens is 209 g/mol. The number of nitrogens with one attached hydrogen (secondary N) is 1. The highest BCUT2D eigenvalue weighted by Gasteiger charge is 2.16. The molecule has 0 aliphatic carbocycles. The summed E-state index contributed by atoms with van der Waals surface area (Å²) in [5, 5.41) is 3.28. The molecule has 4 heteroatoms. The third kappa shape index (κ3) is 2.51. The van der Waals surface area contributed by atoms with Gasteiger partial charge in [0.15, 0.2) is 11.6 Å². The van der Waals surface area contributed by atoms with Crippen LogP contribution in [0.25, 0.3) is 0 Å². The lowest BCUT2D eigenvalue weighted by molar-refractivity contribution is 0.0767.